The third-order valence-electron chi connectivity index (χ3n) is 4.95. The summed E-state index contributed by atoms with van der Waals surface area (Å²) in [7, 11) is 0. The average Bonchev–Trinajstić information content (AvgIpc) is 3.36. The van der Waals surface area contributed by atoms with E-state index in [1.807, 2.05) is 47.9 Å². The van der Waals surface area contributed by atoms with Crippen LogP contribution in [0, 0.1) is 0 Å². The van der Waals surface area contributed by atoms with Gasteiger partial charge in [0.1, 0.15) is 11.5 Å². The number of rotatable bonds is 12. The number of aromatic nitrogens is 4. The second kappa shape index (κ2) is 13.0. The van der Waals surface area contributed by atoms with E-state index in [1.54, 1.807) is 36.7 Å². The number of hydrogen-bond donors (Lipinski definition) is 2. The van der Waals surface area contributed by atoms with Crippen molar-refractivity contribution in [3.63, 3.8) is 0 Å². The molecule has 4 rings (SSSR count). The number of hydrazone groups is 1. The molecule has 0 aliphatic carbocycles. The maximum absolute atomic E-state index is 12.5. The highest BCUT2D eigenvalue weighted by Crippen LogP contribution is 2.28. The minimum Gasteiger partial charge on any atom is -0.494 e. The molecule has 0 atom stereocenters. The quantitative estimate of drug-likeness (QED) is 0.159. The minimum absolute atomic E-state index is 0.0245. The van der Waals surface area contributed by atoms with Crippen molar-refractivity contribution in [3.05, 3.63) is 78.6 Å². The number of carboxylic acids is 1. The summed E-state index contributed by atoms with van der Waals surface area (Å²) in [6.07, 6.45) is 4.77. The van der Waals surface area contributed by atoms with E-state index in [-0.39, 0.29) is 11.7 Å². The number of benzene rings is 2. The lowest BCUT2D eigenvalue weighted by atomic mass is 10.2. The van der Waals surface area contributed by atoms with E-state index in [4.69, 9.17) is 14.6 Å². The number of para-hydroxylation sites is 1. The summed E-state index contributed by atoms with van der Waals surface area (Å²) < 4.78 is 12.6. The molecule has 0 aliphatic rings. The van der Waals surface area contributed by atoms with Gasteiger partial charge in [-0.1, -0.05) is 23.9 Å². The molecule has 2 aromatic carbocycles. The van der Waals surface area contributed by atoms with Gasteiger partial charge < -0.3 is 14.6 Å². The molecule has 0 radical (unpaired) electrons. The number of ether oxygens (including phenoxy) is 2. The Balaban J connectivity index is 1.46. The summed E-state index contributed by atoms with van der Waals surface area (Å²) in [6.45, 7) is 2.00. The Kier molecular flexibility index (Phi) is 9.03. The monoisotopic (exact) mass is 532 g/mol. The zero-order valence-corrected chi connectivity index (χ0v) is 21.2. The molecule has 0 aliphatic heterocycles. The van der Waals surface area contributed by atoms with Crippen molar-refractivity contribution in [2.45, 2.75) is 12.1 Å². The lowest BCUT2D eigenvalue weighted by molar-refractivity contribution is -0.139. The van der Waals surface area contributed by atoms with Crippen LogP contribution in [0.5, 0.6) is 11.5 Å². The lowest BCUT2D eigenvalue weighted by Gasteiger charge is -2.11. The Hall–Kier alpha value is -4.71. The number of pyridine rings is 1. The van der Waals surface area contributed by atoms with Crippen molar-refractivity contribution >= 4 is 29.9 Å². The first-order valence-corrected chi connectivity index (χ1v) is 12.5. The third kappa shape index (κ3) is 6.95. The van der Waals surface area contributed by atoms with E-state index in [0.29, 0.717) is 28.9 Å². The van der Waals surface area contributed by atoms with E-state index in [9.17, 15) is 9.59 Å². The molecule has 2 heterocycles. The van der Waals surface area contributed by atoms with Crippen LogP contribution in [0.4, 0.5) is 0 Å². The molecule has 11 nitrogen and oxygen atoms in total. The summed E-state index contributed by atoms with van der Waals surface area (Å²) in [5.74, 6) is 0.242. The van der Waals surface area contributed by atoms with Gasteiger partial charge in [-0.15, -0.1) is 10.2 Å². The largest absolute Gasteiger partial charge is 0.494 e. The highest BCUT2D eigenvalue weighted by molar-refractivity contribution is 7.99. The second-order valence-corrected chi connectivity index (χ2v) is 8.55. The Morgan fingerprint density at radius 1 is 1.08 bits per heavy atom. The molecule has 0 unspecified atom stereocenters. The number of thioether (sulfide) groups is 1. The van der Waals surface area contributed by atoms with Crippen LogP contribution in [-0.2, 0) is 9.59 Å². The van der Waals surface area contributed by atoms with Crippen LogP contribution < -0.4 is 14.9 Å². The van der Waals surface area contributed by atoms with Crippen molar-refractivity contribution in [2.75, 3.05) is 19.0 Å². The molecule has 0 bridgehead atoms. The maximum atomic E-state index is 12.5. The third-order valence-corrected chi connectivity index (χ3v) is 5.88. The zero-order chi connectivity index (χ0) is 26.7. The fourth-order valence-electron chi connectivity index (χ4n) is 3.33. The van der Waals surface area contributed by atoms with Gasteiger partial charge in [-0.05, 0) is 55.5 Å². The van der Waals surface area contributed by atoms with Gasteiger partial charge in [-0.3, -0.25) is 14.3 Å². The molecule has 0 saturated carbocycles. The van der Waals surface area contributed by atoms with Gasteiger partial charge in [0.05, 0.1) is 18.6 Å². The van der Waals surface area contributed by atoms with E-state index in [0.717, 1.165) is 17.0 Å². The SMILES string of the molecule is CCOc1ccc(-n2c(SCC(=O)N/N=C/c3ccccc3OCC(=O)O)nnc2-c2cccnc2)cc1. The molecule has 4 aromatic rings. The standard InChI is InChI=1S/C26H24N6O5S/c1-2-36-21-11-9-20(10-12-21)32-25(19-7-5-13-27-14-19)30-31-26(32)38-17-23(33)29-28-15-18-6-3-4-8-22(18)37-16-24(34)35/h3-15H,2,16-17H2,1H3,(H,29,33)(H,34,35)/b28-15+. The van der Waals surface area contributed by atoms with E-state index >= 15 is 0 Å². The van der Waals surface area contributed by atoms with Gasteiger partial charge >= 0.3 is 5.97 Å². The number of carbonyl (C=O) groups is 2. The maximum Gasteiger partial charge on any atom is 0.341 e. The van der Waals surface area contributed by atoms with Crippen LogP contribution >= 0.6 is 11.8 Å². The van der Waals surface area contributed by atoms with Gasteiger partial charge in [0.25, 0.3) is 5.91 Å². The number of nitrogens with zero attached hydrogens (tertiary/aromatic N) is 5. The second-order valence-electron chi connectivity index (χ2n) is 7.61. The molecule has 2 aromatic heterocycles. The van der Waals surface area contributed by atoms with Crippen LogP contribution in [0.25, 0.3) is 17.1 Å². The predicted molar refractivity (Wildman–Crippen MR) is 142 cm³/mol. The van der Waals surface area contributed by atoms with Gasteiger partial charge in [0, 0.05) is 29.2 Å². The van der Waals surface area contributed by atoms with Gasteiger partial charge in [-0.2, -0.15) is 5.10 Å². The molecule has 194 valence electrons. The minimum atomic E-state index is -1.09. The molecule has 1 amide bonds. The van der Waals surface area contributed by atoms with E-state index in [2.05, 4.69) is 25.7 Å². The van der Waals surface area contributed by atoms with Crippen LogP contribution in [-0.4, -0.2) is 61.9 Å². The van der Waals surface area contributed by atoms with Gasteiger partial charge in [0.2, 0.25) is 0 Å². The number of carbonyl (C=O) groups excluding carboxylic acids is 1. The van der Waals surface area contributed by atoms with Crippen molar-refractivity contribution < 1.29 is 24.2 Å². The first-order chi connectivity index (χ1) is 18.5. The predicted octanol–water partition coefficient (Wildman–Crippen LogP) is 3.43. The average molecular weight is 533 g/mol. The highest BCUT2D eigenvalue weighted by atomic mass is 32.2. The van der Waals surface area contributed by atoms with Crippen LogP contribution in [0.1, 0.15) is 12.5 Å². The summed E-state index contributed by atoms with van der Waals surface area (Å²) in [6, 6.07) is 18.0. The Labute approximate surface area is 222 Å². The van der Waals surface area contributed by atoms with Crippen LogP contribution in [0.15, 0.2) is 83.3 Å². The molecule has 0 saturated heterocycles. The number of carboxylic acid groups (broad SMARTS) is 1. The number of nitrogens with one attached hydrogen (secondary N) is 1. The normalized spacial score (nSPS) is 10.9. The van der Waals surface area contributed by atoms with Crippen molar-refractivity contribution in [3.8, 4) is 28.6 Å². The molecular weight excluding hydrogens is 508 g/mol. The van der Waals surface area contributed by atoms with Crippen molar-refractivity contribution in [1.29, 1.82) is 0 Å². The first kappa shape index (κ1) is 26.4. The van der Waals surface area contributed by atoms with Crippen molar-refractivity contribution in [2.24, 2.45) is 5.10 Å². The zero-order valence-electron chi connectivity index (χ0n) is 20.4. The summed E-state index contributed by atoms with van der Waals surface area (Å²) in [5.41, 5.74) is 4.57. The Morgan fingerprint density at radius 3 is 2.63 bits per heavy atom. The smallest absolute Gasteiger partial charge is 0.341 e. The summed E-state index contributed by atoms with van der Waals surface area (Å²) in [4.78, 5) is 27.5. The number of hydrogen-bond acceptors (Lipinski definition) is 9. The fraction of sp³-hybridized carbons (Fsp3) is 0.154. The summed E-state index contributed by atoms with van der Waals surface area (Å²) in [5, 5.41) is 22.0. The fourth-order valence-corrected chi connectivity index (χ4v) is 4.07. The highest BCUT2D eigenvalue weighted by Gasteiger charge is 2.17. The van der Waals surface area contributed by atoms with Gasteiger partial charge in [-0.25, -0.2) is 10.2 Å². The molecule has 0 spiro atoms. The molecular formula is C26H24N6O5S. The van der Waals surface area contributed by atoms with Crippen LogP contribution in [0.3, 0.4) is 0 Å². The van der Waals surface area contributed by atoms with Gasteiger partial charge in [0.15, 0.2) is 17.6 Å². The molecule has 38 heavy (non-hydrogen) atoms. The Bertz CT molecular complexity index is 1410. The van der Waals surface area contributed by atoms with Crippen molar-refractivity contribution in [1.82, 2.24) is 25.2 Å². The molecule has 12 heteroatoms. The molecule has 0 fully saturated rings. The first-order valence-electron chi connectivity index (χ1n) is 11.5. The lowest BCUT2D eigenvalue weighted by Crippen LogP contribution is -2.20. The summed E-state index contributed by atoms with van der Waals surface area (Å²) >= 11 is 1.20. The van der Waals surface area contributed by atoms with E-state index < -0.39 is 12.6 Å². The number of amides is 1. The van der Waals surface area contributed by atoms with Crippen LogP contribution in [0.2, 0.25) is 0 Å². The Morgan fingerprint density at radius 2 is 1.89 bits per heavy atom. The van der Waals surface area contributed by atoms with E-state index in [1.165, 1.54) is 18.0 Å². The molecule has 2 N–H and O–H groups in total. The topological polar surface area (TPSA) is 141 Å². The number of aliphatic carboxylic acids is 1.